The Morgan fingerprint density at radius 1 is 1.38 bits per heavy atom. The van der Waals surface area contributed by atoms with Crippen molar-refractivity contribution in [1.82, 2.24) is 4.98 Å². The van der Waals surface area contributed by atoms with E-state index >= 15 is 0 Å². The Labute approximate surface area is 138 Å². The highest BCUT2D eigenvalue weighted by molar-refractivity contribution is 6.23. The molecule has 0 aliphatic carbocycles. The number of carbonyl (C=O) groups excluding carboxylic acids is 2. The Hall–Kier alpha value is -2.30. The summed E-state index contributed by atoms with van der Waals surface area (Å²) in [6, 6.07) is 3.58. The lowest BCUT2D eigenvalue weighted by atomic mass is 9.67. The minimum atomic E-state index is -1.05. The number of imide groups is 1. The van der Waals surface area contributed by atoms with Crippen LogP contribution in [0.5, 0.6) is 0 Å². The summed E-state index contributed by atoms with van der Waals surface area (Å²) in [4.78, 5) is 31.1. The van der Waals surface area contributed by atoms with Crippen LogP contribution in [-0.4, -0.2) is 39.2 Å². The van der Waals surface area contributed by atoms with Crippen LogP contribution in [0.4, 0.5) is 5.69 Å². The third-order valence-electron chi connectivity index (χ3n) is 5.72. The van der Waals surface area contributed by atoms with Gasteiger partial charge in [0.1, 0.15) is 17.4 Å². The van der Waals surface area contributed by atoms with Crippen molar-refractivity contribution in [2.24, 2.45) is 11.8 Å². The Morgan fingerprint density at radius 2 is 2.04 bits per heavy atom. The molecule has 4 rings (SSSR count). The summed E-state index contributed by atoms with van der Waals surface area (Å²) in [6.07, 6.45) is 0.926. The molecule has 0 radical (unpaired) electrons. The maximum atomic E-state index is 13.0. The molecule has 1 aromatic heterocycles. The lowest BCUT2D eigenvalue weighted by Crippen LogP contribution is -2.49. The number of amides is 2. The molecule has 1 aromatic rings. The van der Waals surface area contributed by atoms with E-state index in [1.807, 2.05) is 6.07 Å². The standard InChI is InChI=1S/C17H17N3O4/c1-8-4-9(7-19-10(8)6-18)20-14(22)12-13(15(20)23)17(3)11(21)5-16(12,2)24-17/h4,7,11-13,21H,5H2,1-3H3/t11-,12+,13-,16+,17-/m0/s1. The zero-order chi connectivity index (χ0) is 17.4. The SMILES string of the molecule is Cc1cc(N2C(=O)[C@@H]3[C@H](C2=O)[C@@]2(C)C[C@H](O)[C@]3(C)O2)cnc1C#N. The molecule has 0 aromatic carbocycles. The number of aliphatic hydroxyl groups is 1. The topological polar surface area (TPSA) is 104 Å². The van der Waals surface area contributed by atoms with Crippen LogP contribution in [0.2, 0.25) is 0 Å². The van der Waals surface area contributed by atoms with E-state index in [-0.39, 0.29) is 17.5 Å². The number of anilines is 1. The van der Waals surface area contributed by atoms with Crippen LogP contribution < -0.4 is 4.90 Å². The highest BCUT2D eigenvalue weighted by atomic mass is 16.6. The van der Waals surface area contributed by atoms with Gasteiger partial charge < -0.3 is 9.84 Å². The van der Waals surface area contributed by atoms with Crippen molar-refractivity contribution >= 4 is 17.5 Å². The van der Waals surface area contributed by atoms with Gasteiger partial charge in [-0.1, -0.05) is 0 Å². The maximum absolute atomic E-state index is 13.0. The third-order valence-corrected chi connectivity index (χ3v) is 5.72. The molecule has 3 fully saturated rings. The fourth-order valence-electron chi connectivity index (χ4n) is 4.58. The van der Waals surface area contributed by atoms with Crippen LogP contribution in [-0.2, 0) is 14.3 Å². The molecule has 2 bridgehead atoms. The molecule has 3 aliphatic rings. The average Bonchev–Trinajstić information content (AvgIpc) is 3.01. The molecule has 4 heterocycles. The van der Waals surface area contributed by atoms with E-state index < -0.39 is 29.1 Å². The van der Waals surface area contributed by atoms with E-state index in [0.717, 1.165) is 4.90 Å². The first-order valence-corrected chi connectivity index (χ1v) is 7.86. The van der Waals surface area contributed by atoms with Gasteiger partial charge in [-0.3, -0.25) is 9.59 Å². The molecule has 0 spiro atoms. The number of aromatic nitrogens is 1. The van der Waals surface area contributed by atoms with Crippen molar-refractivity contribution in [2.75, 3.05) is 4.90 Å². The molecule has 0 unspecified atom stereocenters. The zero-order valence-corrected chi connectivity index (χ0v) is 13.6. The normalized spacial score (nSPS) is 40.1. The second kappa shape index (κ2) is 4.41. The first-order chi connectivity index (χ1) is 11.2. The predicted octanol–water partition coefficient (Wildman–Crippen LogP) is 0.680. The van der Waals surface area contributed by atoms with Gasteiger partial charge in [-0.15, -0.1) is 0 Å². The van der Waals surface area contributed by atoms with Gasteiger partial charge in [-0.05, 0) is 32.4 Å². The highest BCUT2D eigenvalue weighted by Crippen LogP contribution is 2.60. The van der Waals surface area contributed by atoms with Crippen LogP contribution in [0, 0.1) is 30.1 Å². The number of nitriles is 1. The first-order valence-electron chi connectivity index (χ1n) is 7.86. The van der Waals surface area contributed by atoms with E-state index in [4.69, 9.17) is 10.00 Å². The summed E-state index contributed by atoms with van der Waals surface area (Å²) >= 11 is 0. The molecule has 0 saturated carbocycles. The summed E-state index contributed by atoms with van der Waals surface area (Å²) in [6.45, 7) is 5.19. The molecule has 3 aliphatic heterocycles. The number of rotatable bonds is 1. The molecule has 3 saturated heterocycles. The minimum Gasteiger partial charge on any atom is -0.390 e. The number of hydrogen-bond donors (Lipinski definition) is 1. The Morgan fingerprint density at radius 3 is 2.67 bits per heavy atom. The smallest absolute Gasteiger partial charge is 0.240 e. The number of aryl methyl sites for hydroxylation is 1. The molecule has 7 heteroatoms. The predicted molar refractivity (Wildman–Crippen MR) is 81.7 cm³/mol. The van der Waals surface area contributed by atoms with Gasteiger partial charge in [-0.2, -0.15) is 5.26 Å². The number of carbonyl (C=O) groups is 2. The van der Waals surface area contributed by atoms with Gasteiger partial charge in [0.05, 0.1) is 35.4 Å². The molecule has 7 nitrogen and oxygen atoms in total. The molecule has 1 N–H and O–H groups in total. The lowest BCUT2D eigenvalue weighted by Gasteiger charge is -2.31. The summed E-state index contributed by atoms with van der Waals surface area (Å²) in [5, 5.41) is 19.3. The quantitative estimate of drug-likeness (QED) is 0.761. The van der Waals surface area contributed by atoms with Crippen molar-refractivity contribution in [1.29, 1.82) is 5.26 Å². The number of pyridine rings is 1. The molecule has 5 atom stereocenters. The number of ether oxygens (including phenoxy) is 1. The molecule has 2 amide bonds. The third kappa shape index (κ3) is 1.60. The minimum absolute atomic E-state index is 0.260. The summed E-state index contributed by atoms with van der Waals surface area (Å²) < 4.78 is 5.93. The Kier molecular flexibility index (Phi) is 2.80. The average molecular weight is 327 g/mol. The molecule has 124 valence electrons. The highest BCUT2D eigenvalue weighted by Gasteiger charge is 2.75. The van der Waals surface area contributed by atoms with Crippen LogP contribution in [0.1, 0.15) is 31.5 Å². The van der Waals surface area contributed by atoms with Crippen LogP contribution in [0.25, 0.3) is 0 Å². The van der Waals surface area contributed by atoms with E-state index in [1.54, 1.807) is 26.8 Å². The van der Waals surface area contributed by atoms with Crippen LogP contribution in [0.15, 0.2) is 12.3 Å². The van der Waals surface area contributed by atoms with Gasteiger partial charge in [0.25, 0.3) is 0 Å². The lowest BCUT2D eigenvalue weighted by molar-refractivity contribution is -0.132. The summed E-state index contributed by atoms with van der Waals surface area (Å²) in [5.74, 6) is -2.00. The van der Waals surface area contributed by atoms with Crippen molar-refractivity contribution in [3.05, 3.63) is 23.5 Å². The second-order valence-corrected chi connectivity index (χ2v) is 7.26. The number of hydrogen-bond acceptors (Lipinski definition) is 6. The van der Waals surface area contributed by atoms with E-state index in [9.17, 15) is 14.7 Å². The summed E-state index contributed by atoms with van der Waals surface area (Å²) in [7, 11) is 0. The fraction of sp³-hybridized carbons (Fsp3) is 0.529. The Bertz CT molecular complexity index is 832. The van der Waals surface area contributed by atoms with Gasteiger partial charge in [0, 0.05) is 6.42 Å². The fourth-order valence-corrected chi connectivity index (χ4v) is 4.58. The van der Waals surface area contributed by atoms with Crippen molar-refractivity contribution in [3.8, 4) is 6.07 Å². The second-order valence-electron chi connectivity index (χ2n) is 7.26. The van der Waals surface area contributed by atoms with Crippen molar-refractivity contribution in [2.45, 2.75) is 44.5 Å². The van der Waals surface area contributed by atoms with Crippen LogP contribution in [0.3, 0.4) is 0 Å². The first kappa shape index (κ1) is 15.2. The van der Waals surface area contributed by atoms with Gasteiger partial charge in [-0.25, -0.2) is 9.88 Å². The molecule has 24 heavy (non-hydrogen) atoms. The van der Waals surface area contributed by atoms with E-state index in [2.05, 4.69) is 4.98 Å². The van der Waals surface area contributed by atoms with E-state index in [0.29, 0.717) is 17.7 Å². The number of fused-ring (bicyclic) bond motifs is 5. The van der Waals surface area contributed by atoms with Crippen molar-refractivity contribution < 1.29 is 19.4 Å². The Balaban J connectivity index is 1.79. The number of aliphatic hydroxyl groups excluding tert-OH is 1. The number of nitrogens with zero attached hydrogens (tertiary/aromatic N) is 3. The molecular formula is C17H17N3O4. The zero-order valence-electron chi connectivity index (χ0n) is 13.6. The van der Waals surface area contributed by atoms with Crippen molar-refractivity contribution in [3.63, 3.8) is 0 Å². The maximum Gasteiger partial charge on any atom is 0.240 e. The van der Waals surface area contributed by atoms with Gasteiger partial charge in [0.15, 0.2) is 0 Å². The van der Waals surface area contributed by atoms with Crippen LogP contribution >= 0.6 is 0 Å². The summed E-state index contributed by atoms with van der Waals surface area (Å²) in [5.41, 5.74) is -0.664. The largest absolute Gasteiger partial charge is 0.390 e. The van der Waals surface area contributed by atoms with Gasteiger partial charge in [0.2, 0.25) is 11.8 Å². The van der Waals surface area contributed by atoms with Gasteiger partial charge >= 0.3 is 0 Å². The molecular weight excluding hydrogens is 310 g/mol. The monoisotopic (exact) mass is 327 g/mol. The van der Waals surface area contributed by atoms with E-state index in [1.165, 1.54) is 6.20 Å².